The molecular formula is C14H13N7O2S. The van der Waals surface area contributed by atoms with Crippen LogP contribution in [0.1, 0.15) is 0 Å². The Bertz CT molecular complexity index is 997. The third-order valence-corrected chi connectivity index (χ3v) is 4.06. The standard InChI is InChI=1S/C14H13N7O2S/c15-14-13(12(19-21-14)9-4-6-17-7-5-9)20-18-10-2-1-3-11(8-10)24(16,22)23/h1-8H,(H3,15,19,21)(H2,16,22,23). The van der Waals surface area contributed by atoms with E-state index in [4.69, 9.17) is 10.9 Å². The molecule has 0 atom stereocenters. The maximum atomic E-state index is 11.4. The van der Waals surface area contributed by atoms with Gasteiger partial charge in [-0.2, -0.15) is 10.2 Å². The second-order valence-electron chi connectivity index (χ2n) is 4.81. The minimum Gasteiger partial charge on any atom is -0.380 e. The van der Waals surface area contributed by atoms with E-state index in [1.54, 1.807) is 30.6 Å². The first-order valence-corrected chi connectivity index (χ1v) is 8.28. The summed E-state index contributed by atoms with van der Waals surface area (Å²) in [6.45, 7) is 0. The summed E-state index contributed by atoms with van der Waals surface area (Å²) in [5.74, 6) is 0.174. The van der Waals surface area contributed by atoms with Crippen molar-refractivity contribution in [3.8, 4) is 11.3 Å². The Hall–Kier alpha value is -3.11. The fourth-order valence-electron chi connectivity index (χ4n) is 2.00. The van der Waals surface area contributed by atoms with Gasteiger partial charge in [0.1, 0.15) is 0 Å². The van der Waals surface area contributed by atoms with E-state index in [-0.39, 0.29) is 10.7 Å². The van der Waals surface area contributed by atoms with Crippen molar-refractivity contribution in [3.05, 3.63) is 48.8 Å². The van der Waals surface area contributed by atoms with Gasteiger partial charge >= 0.3 is 0 Å². The molecule has 0 saturated heterocycles. The molecule has 0 radical (unpaired) electrons. The Morgan fingerprint density at radius 1 is 1.08 bits per heavy atom. The van der Waals surface area contributed by atoms with Crippen molar-refractivity contribution in [2.75, 3.05) is 5.73 Å². The van der Waals surface area contributed by atoms with Crippen molar-refractivity contribution in [1.29, 1.82) is 0 Å². The Morgan fingerprint density at radius 2 is 1.83 bits per heavy atom. The Labute approximate surface area is 137 Å². The van der Waals surface area contributed by atoms with E-state index in [2.05, 4.69) is 25.4 Å². The second-order valence-corrected chi connectivity index (χ2v) is 6.37. The maximum Gasteiger partial charge on any atom is 0.238 e. The fraction of sp³-hybridized carbons (Fsp3) is 0. The van der Waals surface area contributed by atoms with Gasteiger partial charge in [-0.3, -0.25) is 10.1 Å². The average molecular weight is 343 g/mol. The highest BCUT2D eigenvalue weighted by Crippen LogP contribution is 2.33. The molecule has 2 heterocycles. The van der Waals surface area contributed by atoms with Crippen molar-refractivity contribution in [2.45, 2.75) is 4.90 Å². The number of benzene rings is 1. The van der Waals surface area contributed by atoms with Crippen LogP contribution in [0.5, 0.6) is 0 Å². The summed E-state index contributed by atoms with van der Waals surface area (Å²) in [7, 11) is -3.81. The first-order valence-electron chi connectivity index (χ1n) is 6.74. The maximum absolute atomic E-state index is 11.4. The first kappa shape index (κ1) is 15.8. The molecule has 122 valence electrons. The van der Waals surface area contributed by atoms with Crippen molar-refractivity contribution < 1.29 is 8.42 Å². The minimum atomic E-state index is -3.81. The average Bonchev–Trinajstić information content (AvgIpc) is 2.94. The molecule has 0 aliphatic rings. The van der Waals surface area contributed by atoms with Crippen LogP contribution in [-0.4, -0.2) is 23.6 Å². The number of nitrogens with one attached hydrogen (secondary N) is 1. The van der Waals surface area contributed by atoms with E-state index in [1.165, 1.54) is 18.2 Å². The monoisotopic (exact) mass is 343 g/mol. The summed E-state index contributed by atoms with van der Waals surface area (Å²) < 4.78 is 22.8. The molecule has 2 aromatic heterocycles. The van der Waals surface area contributed by atoms with Gasteiger partial charge < -0.3 is 5.73 Å². The van der Waals surface area contributed by atoms with E-state index in [0.29, 0.717) is 17.1 Å². The number of anilines is 1. The van der Waals surface area contributed by atoms with E-state index in [1.807, 2.05) is 0 Å². The highest BCUT2D eigenvalue weighted by molar-refractivity contribution is 7.89. The number of nitrogen functional groups attached to an aromatic ring is 1. The summed E-state index contributed by atoms with van der Waals surface area (Å²) in [5.41, 5.74) is 7.86. The van der Waals surface area contributed by atoms with E-state index >= 15 is 0 Å². The number of aromatic amines is 1. The first-order chi connectivity index (χ1) is 11.4. The molecule has 0 unspecified atom stereocenters. The quantitative estimate of drug-likeness (QED) is 0.619. The molecular weight excluding hydrogens is 330 g/mol. The number of nitrogens with two attached hydrogens (primary N) is 2. The lowest BCUT2D eigenvalue weighted by Crippen LogP contribution is -2.11. The zero-order valence-electron chi connectivity index (χ0n) is 12.3. The molecule has 0 amide bonds. The number of H-pyrrole nitrogens is 1. The van der Waals surface area contributed by atoms with Gasteiger partial charge in [-0.1, -0.05) is 6.07 Å². The second kappa shape index (κ2) is 6.18. The molecule has 0 aliphatic carbocycles. The van der Waals surface area contributed by atoms with Crippen LogP contribution in [-0.2, 0) is 10.0 Å². The van der Waals surface area contributed by atoms with Crippen LogP contribution in [0, 0.1) is 0 Å². The molecule has 0 bridgehead atoms. The smallest absolute Gasteiger partial charge is 0.238 e. The number of aromatic nitrogens is 3. The number of pyridine rings is 1. The van der Waals surface area contributed by atoms with Gasteiger partial charge in [0.25, 0.3) is 0 Å². The predicted molar refractivity (Wildman–Crippen MR) is 88.2 cm³/mol. The number of primary sulfonamides is 1. The van der Waals surface area contributed by atoms with Gasteiger partial charge in [0, 0.05) is 18.0 Å². The van der Waals surface area contributed by atoms with E-state index in [0.717, 1.165) is 5.56 Å². The van der Waals surface area contributed by atoms with Gasteiger partial charge in [0.15, 0.2) is 11.5 Å². The summed E-state index contributed by atoms with van der Waals surface area (Å²) in [6, 6.07) is 9.36. The summed E-state index contributed by atoms with van der Waals surface area (Å²) >= 11 is 0. The van der Waals surface area contributed by atoms with Crippen LogP contribution < -0.4 is 10.9 Å². The van der Waals surface area contributed by atoms with Crippen molar-refractivity contribution in [2.24, 2.45) is 15.4 Å². The third-order valence-electron chi connectivity index (χ3n) is 3.15. The molecule has 10 heteroatoms. The fourth-order valence-corrected chi connectivity index (χ4v) is 2.55. The van der Waals surface area contributed by atoms with Crippen LogP contribution in [0.4, 0.5) is 17.2 Å². The van der Waals surface area contributed by atoms with Crippen LogP contribution in [0.3, 0.4) is 0 Å². The third kappa shape index (κ3) is 3.29. The molecule has 0 aliphatic heterocycles. The SMILES string of the molecule is Nc1n[nH]c(-c2ccncc2)c1N=Nc1cccc(S(N)(=O)=O)c1. The molecule has 9 nitrogen and oxygen atoms in total. The largest absolute Gasteiger partial charge is 0.380 e. The number of hydrogen-bond acceptors (Lipinski definition) is 7. The van der Waals surface area contributed by atoms with E-state index in [9.17, 15) is 8.42 Å². The van der Waals surface area contributed by atoms with Crippen LogP contribution >= 0.6 is 0 Å². The minimum absolute atomic E-state index is 0.0477. The van der Waals surface area contributed by atoms with Crippen molar-refractivity contribution in [1.82, 2.24) is 15.2 Å². The summed E-state index contributed by atoms with van der Waals surface area (Å²) in [5, 5.41) is 19.9. The van der Waals surface area contributed by atoms with Crippen molar-refractivity contribution >= 4 is 27.2 Å². The van der Waals surface area contributed by atoms with Gasteiger partial charge in [-0.15, -0.1) is 5.11 Å². The molecule has 0 fully saturated rings. The van der Waals surface area contributed by atoms with Gasteiger partial charge in [0.05, 0.1) is 16.3 Å². The van der Waals surface area contributed by atoms with Crippen molar-refractivity contribution in [3.63, 3.8) is 0 Å². The Balaban J connectivity index is 1.98. The number of hydrogen-bond donors (Lipinski definition) is 3. The molecule has 0 spiro atoms. The molecule has 3 rings (SSSR count). The Kier molecular flexibility index (Phi) is 4.06. The van der Waals surface area contributed by atoms with Gasteiger partial charge in [-0.05, 0) is 30.3 Å². The molecule has 0 saturated carbocycles. The summed E-state index contributed by atoms with van der Waals surface area (Å²) in [6.07, 6.45) is 3.26. The number of sulfonamides is 1. The normalized spacial score (nSPS) is 11.9. The molecule has 24 heavy (non-hydrogen) atoms. The predicted octanol–water partition coefficient (Wildman–Crippen LogP) is 2.12. The highest BCUT2D eigenvalue weighted by Gasteiger charge is 2.13. The van der Waals surface area contributed by atoms with Gasteiger partial charge in [-0.25, -0.2) is 13.6 Å². The lowest BCUT2D eigenvalue weighted by Gasteiger charge is -2.00. The zero-order chi connectivity index (χ0) is 17.2. The number of nitrogens with zero attached hydrogens (tertiary/aromatic N) is 4. The number of azo groups is 1. The molecule has 1 aromatic carbocycles. The molecule has 5 N–H and O–H groups in total. The lowest BCUT2D eigenvalue weighted by molar-refractivity contribution is 0.598. The highest BCUT2D eigenvalue weighted by atomic mass is 32.2. The summed E-state index contributed by atoms with van der Waals surface area (Å²) in [4.78, 5) is 3.90. The topological polar surface area (TPSA) is 152 Å². The molecule has 3 aromatic rings. The van der Waals surface area contributed by atoms with E-state index < -0.39 is 10.0 Å². The van der Waals surface area contributed by atoms with Crippen LogP contribution in [0.15, 0.2) is 63.9 Å². The zero-order valence-corrected chi connectivity index (χ0v) is 13.1. The lowest BCUT2D eigenvalue weighted by atomic mass is 10.2. The Morgan fingerprint density at radius 3 is 2.54 bits per heavy atom. The number of rotatable bonds is 4. The van der Waals surface area contributed by atoms with Gasteiger partial charge in [0.2, 0.25) is 10.0 Å². The van der Waals surface area contributed by atoms with Crippen LogP contribution in [0.25, 0.3) is 11.3 Å². The van der Waals surface area contributed by atoms with Crippen LogP contribution in [0.2, 0.25) is 0 Å².